The Morgan fingerprint density at radius 3 is 2.12 bits per heavy atom. The minimum Gasteiger partial charge on any atom is -0.503 e. The molecule has 2 aromatic rings. The molecule has 0 atom stereocenters. The normalized spacial score (nSPS) is 13.8. The van der Waals surface area contributed by atoms with E-state index in [1.54, 1.807) is 0 Å². The Balaban J connectivity index is 2.55. The molecule has 2 N–H and O–H groups in total. The highest BCUT2D eigenvalue weighted by Gasteiger charge is 2.21. The Morgan fingerprint density at radius 1 is 0.882 bits per heavy atom. The number of halogens is 3. The summed E-state index contributed by atoms with van der Waals surface area (Å²) in [4.78, 5) is 8.19. The molecular formula is C10H3Cl3N2O2. The zero-order valence-corrected chi connectivity index (χ0v) is 10.3. The molecule has 1 aromatic heterocycles. The summed E-state index contributed by atoms with van der Waals surface area (Å²) < 4.78 is 0. The van der Waals surface area contributed by atoms with Crippen molar-refractivity contribution in [3.05, 3.63) is 31.8 Å². The number of hydrogen-bond donors (Lipinski definition) is 2. The molecule has 4 nitrogen and oxygen atoms in total. The standard InChI is InChI=1S/C10H3Cl3N2O2/c11-2-1-3-6(5(13)4(2)12)15-8-7(14-3)9(16)10(8)17/h1,16-17H. The van der Waals surface area contributed by atoms with Crippen LogP contribution in [0.2, 0.25) is 15.1 Å². The third-order valence-corrected chi connectivity index (χ3v) is 3.72. The molecule has 86 valence electrons. The SMILES string of the molecule is OC1=c2nc3cc(Cl)c(Cl)c(Cl)c3nc2=C1O. The van der Waals surface area contributed by atoms with E-state index in [2.05, 4.69) is 9.97 Å². The lowest BCUT2D eigenvalue weighted by Crippen LogP contribution is -2.43. The number of nitrogens with zero attached hydrogens (tertiary/aromatic N) is 2. The summed E-state index contributed by atoms with van der Waals surface area (Å²) in [5, 5.41) is 19.8. The number of rotatable bonds is 0. The van der Waals surface area contributed by atoms with Crippen LogP contribution in [-0.2, 0) is 0 Å². The molecule has 3 rings (SSSR count). The van der Waals surface area contributed by atoms with Gasteiger partial charge in [0.25, 0.3) is 0 Å². The van der Waals surface area contributed by atoms with Gasteiger partial charge < -0.3 is 10.2 Å². The van der Waals surface area contributed by atoms with E-state index < -0.39 is 0 Å². The molecule has 1 heterocycles. The molecule has 17 heavy (non-hydrogen) atoms. The van der Waals surface area contributed by atoms with Crippen LogP contribution in [0.4, 0.5) is 0 Å². The van der Waals surface area contributed by atoms with Gasteiger partial charge in [0.05, 0.1) is 20.6 Å². The van der Waals surface area contributed by atoms with Gasteiger partial charge in [0.15, 0.2) is 11.5 Å². The maximum atomic E-state index is 9.37. The number of aromatic nitrogens is 2. The third-order valence-electron chi connectivity index (χ3n) is 2.47. The van der Waals surface area contributed by atoms with Crippen LogP contribution in [0.15, 0.2) is 6.07 Å². The first-order chi connectivity index (χ1) is 8.00. The van der Waals surface area contributed by atoms with Crippen LogP contribution in [0.5, 0.6) is 0 Å². The maximum Gasteiger partial charge on any atom is 0.188 e. The predicted molar refractivity (Wildman–Crippen MR) is 65.9 cm³/mol. The van der Waals surface area contributed by atoms with Crippen LogP contribution in [0, 0.1) is 0 Å². The van der Waals surface area contributed by atoms with Crippen molar-refractivity contribution < 1.29 is 10.2 Å². The van der Waals surface area contributed by atoms with E-state index in [1.165, 1.54) is 6.07 Å². The van der Waals surface area contributed by atoms with Crippen LogP contribution < -0.4 is 10.7 Å². The van der Waals surface area contributed by atoms with Gasteiger partial charge in [-0.3, -0.25) is 0 Å². The highest BCUT2D eigenvalue weighted by Crippen LogP contribution is 2.34. The molecule has 0 aliphatic heterocycles. The number of aliphatic hydroxyl groups excluding tert-OH is 2. The summed E-state index contributed by atoms with van der Waals surface area (Å²) in [6.45, 7) is 0. The van der Waals surface area contributed by atoms with Gasteiger partial charge in [-0.15, -0.1) is 0 Å². The summed E-state index contributed by atoms with van der Waals surface area (Å²) in [5.41, 5.74) is 0.737. The lowest BCUT2D eigenvalue weighted by molar-refractivity contribution is 0.429. The zero-order chi connectivity index (χ0) is 12.3. The number of hydrogen-bond acceptors (Lipinski definition) is 4. The zero-order valence-electron chi connectivity index (χ0n) is 8.00. The summed E-state index contributed by atoms with van der Waals surface area (Å²) in [6.07, 6.45) is 0. The summed E-state index contributed by atoms with van der Waals surface area (Å²) in [7, 11) is 0. The fraction of sp³-hybridized carbons (Fsp3) is 0. The third kappa shape index (κ3) is 1.32. The number of fused-ring (bicyclic) bond motifs is 2. The van der Waals surface area contributed by atoms with Crippen molar-refractivity contribution in [3.63, 3.8) is 0 Å². The van der Waals surface area contributed by atoms with Gasteiger partial charge in [0.2, 0.25) is 0 Å². The molecule has 0 spiro atoms. The van der Waals surface area contributed by atoms with Crippen molar-refractivity contribution in [2.45, 2.75) is 0 Å². The highest BCUT2D eigenvalue weighted by atomic mass is 35.5. The van der Waals surface area contributed by atoms with Crippen molar-refractivity contribution in [2.24, 2.45) is 0 Å². The molecular weight excluding hydrogens is 286 g/mol. The molecule has 1 aliphatic carbocycles. The summed E-state index contributed by atoms with van der Waals surface area (Å²) in [6, 6.07) is 1.50. The second-order valence-electron chi connectivity index (χ2n) is 3.47. The molecule has 1 aliphatic rings. The average Bonchev–Trinajstić information content (AvgIpc) is 2.34. The van der Waals surface area contributed by atoms with Crippen LogP contribution >= 0.6 is 34.8 Å². The molecule has 0 unspecified atom stereocenters. The van der Waals surface area contributed by atoms with Crippen molar-refractivity contribution in [3.8, 4) is 0 Å². The van der Waals surface area contributed by atoms with E-state index in [0.717, 1.165) is 0 Å². The first kappa shape index (κ1) is 10.9. The van der Waals surface area contributed by atoms with Gasteiger partial charge in [0.1, 0.15) is 16.2 Å². The van der Waals surface area contributed by atoms with Gasteiger partial charge >= 0.3 is 0 Å². The minimum absolute atomic E-state index is 0.170. The van der Waals surface area contributed by atoms with Gasteiger partial charge in [0, 0.05) is 0 Å². The molecule has 0 saturated heterocycles. The van der Waals surface area contributed by atoms with E-state index in [0.29, 0.717) is 11.0 Å². The number of benzene rings is 1. The Labute approximate surface area is 109 Å². The minimum atomic E-state index is -0.295. The molecule has 7 heteroatoms. The smallest absolute Gasteiger partial charge is 0.188 e. The first-order valence-electron chi connectivity index (χ1n) is 4.49. The molecule has 1 aromatic carbocycles. The second kappa shape index (κ2) is 3.38. The monoisotopic (exact) mass is 288 g/mol. The van der Waals surface area contributed by atoms with Gasteiger partial charge in [-0.05, 0) is 6.07 Å². The summed E-state index contributed by atoms with van der Waals surface area (Å²) >= 11 is 17.7. The highest BCUT2D eigenvalue weighted by molar-refractivity contribution is 6.50. The fourth-order valence-electron chi connectivity index (χ4n) is 1.59. The molecule has 0 saturated carbocycles. The van der Waals surface area contributed by atoms with Crippen molar-refractivity contribution >= 4 is 57.4 Å². The van der Waals surface area contributed by atoms with Gasteiger partial charge in [-0.2, -0.15) is 0 Å². The van der Waals surface area contributed by atoms with Gasteiger partial charge in [-0.25, -0.2) is 9.97 Å². The second-order valence-corrected chi connectivity index (χ2v) is 4.64. The van der Waals surface area contributed by atoms with E-state index >= 15 is 0 Å². The van der Waals surface area contributed by atoms with Crippen LogP contribution in [0.1, 0.15) is 0 Å². The Hall–Kier alpha value is -1.23. The quantitative estimate of drug-likeness (QED) is 0.727. The Kier molecular flexibility index (Phi) is 2.17. The lowest BCUT2D eigenvalue weighted by atomic mass is 10.2. The average molecular weight is 290 g/mol. The van der Waals surface area contributed by atoms with E-state index in [-0.39, 0.29) is 37.3 Å². The molecule has 0 bridgehead atoms. The fourth-order valence-corrected chi connectivity index (χ4v) is 2.23. The Bertz CT molecular complexity index is 802. The van der Waals surface area contributed by atoms with Gasteiger partial charge in [-0.1, -0.05) is 34.8 Å². The van der Waals surface area contributed by atoms with Crippen molar-refractivity contribution in [2.75, 3.05) is 0 Å². The van der Waals surface area contributed by atoms with Crippen LogP contribution in [0.25, 0.3) is 22.6 Å². The summed E-state index contributed by atoms with van der Waals surface area (Å²) in [5.74, 6) is -0.576. The van der Waals surface area contributed by atoms with E-state index in [9.17, 15) is 10.2 Å². The molecule has 0 fully saturated rings. The molecule has 0 radical (unpaired) electrons. The van der Waals surface area contributed by atoms with E-state index in [1.807, 2.05) is 0 Å². The van der Waals surface area contributed by atoms with Crippen LogP contribution in [-0.4, -0.2) is 20.2 Å². The Morgan fingerprint density at radius 2 is 1.47 bits per heavy atom. The topological polar surface area (TPSA) is 66.2 Å². The van der Waals surface area contributed by atoms with Crippen molar-refractivity contribution in [1.82, 2.24) is 9.97 Å². The first-order valence-corrected chi connectivity index (χ1v) is 5.62. The lowest BCUT2D eigenvalue weighted by Gasteiger charge is -2.10. The maximum absolute atomic E-state index is 9.37. The van der Waals surface area contributed by atoms with E-state index in [4.69, 9.17) is 34.8 Å². The molecule has 0 amide bonds. The van der Waals surface area contributed by atoms with Crippen LogP contribution in [0.3, 0.4) is 0 Å². The largest absolute Gasteiger partial charge is 0.503 e. The van der Waals surface area contributed by atoms with Crippen molar-refractivity contribution in [1.29, 1.82) is 0 Å². The number of aliphatic hydroxyl groups is 2. The predicted octanol–water partition coefficient (Wildman–Crippen LogP) is 1.94.